The molecule has 1 aromatic rings. The van der Waals surface area contributed by atoms with Crippen molar-refractivity contribution in [2.45, 2.75) is 25.3 Å². The minimum Gasteiger partial charge on any atom is -0.480 e. The molecule has 92 valence electrons. The Morgan fingerprint density at radius 3 is 2.82 bits per heavy atom. The molecule has 0 aliphatic carbocycles. The van der Waals surface area contributed by atoms with E-state index in [0.29, 0.717) is 18.8 Å². The summed E-state index contributed by atoms with van der Waals surface area (Å²) in [5.74, 6) is -0.377. The molecule has 1 fully saturated rings. The Morgan fingerprint density at radius 2 is 2.18 bits per heavy atom. The predicted molar refractivity (Wildman–Crippen MR) is 64.7 cm³/mol. The van der Waals surface area contributed by atoms with E-state index in [-0.39, 0.29) is 10.4 Å². The largest absolute Gasteiger partial charge is 0.480 e. The zero-order valence-electron chi connectivity index (χ0n) is 8.94. The second kappa shape index (κ2) is 5.06. The molecule has 17 heavy (non-hydrogen) atoms. The van der Waals surface area contributed by atoms with Crippen LogP contribution in [0.4, 0.5) is 5.82 Å². The van der Waals surface area contributed by atoms with Gasteiger partial charge in [-0.05, 0) is 30.9 Å². The molecule has 1 aliphatic rings. The maximum atomic E-state index is 11.2. The van der Waals surface area contributed by atoms with Gasteiger partial charge in [0.05, 0.1) is 0 Å². The van der Waals surface area contributed by atoms with Crippen molar-refractivity contribution in [3.63, 3.8) is 0 Å². The monoisotopic (exact) mass is 275 g/mol. The quantitative estimate of drug-likeness (QED) is 0.662. The number of carbonyl (C=O) groups is 1. The van der Waals surface area contributed by atoms with Crippen LogP contribution in [0.2, 0.25) is 10.4 Å². The molecule has 2 heterocycles. The van der Waals surface area contributed by atoms with Crippen LogP contribution >= 0.6 is 23.2 Å². The molecule has 1 N–H and O–H groups in total. The van der Waals surface area contributed by atoms with Gasteiger partial charge >= 0.3 is 5.97 Å². The van der Waals surface area contributed by atoms with Gasteiger partial charge < -0.3 is 10.0 Å². The average Bonchev–Trinajstić information content (AvgIpc) is 2.27. The van der Waals surface area contributed by atoms with Crippen molar-refractivity contribution in [1.82, 2.24) is 9.97 Å². The molecule has 7 heteroatoms. The summed E-state index contributed by atoms with van der Waals surface area (Å²) in [5.41, 5.74) is 0. The van der Waals surface area contributed by atoms with E-state index >= 15 is 0 Å². The van der Waals surface area contributed by atoms with Gasteiger partial charge in [0.2, 0.25) is 5.28 Å². The first kappa shape index (κ1) is 12.4. The summed E-state index contributed by atoms with van der Waals surface area (Å²) in [5, 5.41) is 9.40. The van der Waals surface area contributed by atoms with Gasteiger partial charge in [-0.2, -0.15) is 0 Å². The molecule has 1 saturated heterocycles. The molecule has 0 bridgehead atoms. The fourth-order valence-corrected chi connectivity index (χ4v) is 2.39. The standard InChI is InChI=1S/C10H11Cl2N3O2/c11-7-5-8(14-10(12)13-7)15-4-2-1-3-6(15)9(16)17/h5-6H,1-4H2,(H,16,17)/t6-/m1/s1. The maximum Gasteiger partial charge on any atom is 0.326 e. The van der Waals surface area contributed by atoms with Crippen molar-refractivity contribution in [1.29, 1.82) is 0 Å². The molecule has 5 nitrogen and oxygen atoms in total. The van der Waals surface area contributed by atoms with Crippen LogP contribution < -0.4 is 4.90 Å². The van der Waals surface area contributed by atoms with Crippen LogP contribution in [0, 0.1) is 0 Å². The number of carboxylic acid groups (broad SMARTS) is 1. The van der Waals surface area contributed by atoms with Gasteiger partial charge in [0.15, 0.2) is 0 Å². The Morgan fingerprint density at radius 1 is 1.41 bits per heavy atom. The number of aliphatic carboxylic acids is 1. The second-order valence-corrected chi connectivity index (χ2v) is 4.59. The minimum atomic E-state index is -0.851. The summed E-state index contributed by atoms with van der Waals surface area (Å²) >= 11 is 11.5. The highest BCUT2D eigenvalue weighted by molar-refractivity contribution is 6.32. The van der Waals surface area contributed by atoms with Crippen LogP contribution in [-0.4, -0.2) is 33.6 Å². The lowest BCUT2D eigenvalue weighted by atomic mass is 10.0. The van der Waals surface area contributed by atoms with Gasteiger partial charge in [-0.3, -0.25) is 0 Å². The Kier molecular flexibility index (Phi) is 3.69. The summed E-state index contributed by atoms with van der Waals surface area (Å²) in [6.45, 7) is 0.640. The molecule has 0 aromatic carbocycles. The lowest BCUT2D eigenvalue weighted by Crippen LogP contribution is -2.45. The van der Waals surface area contributed by atoms with Crippen LogP contribution in [0.3, 0.4) is 0 Å². The summed E-state index contributed by atoms with van der Waals surface area (Å²) < 4.78 is 0. The molecule has 0 unspecified atom stereocenters. The molecule has 0 spiro atoms. The van der Waals surface area contributed by atoms with Gasteiger partial charge in [0, 0.05) is 12.6 Å². The van der Waals surface area contributed by atoms with E-state index in [9.17, 15) is 4.79 Å². The summed E-state index contributed by atoms with van der Waals surface area (Å²) in [6, 6.07) is 0.972. The van der Waals surface area contributed by atoms with Crippen LogP contribution in [0.25, 0.3) is 0 Å². The number of rotatable bonds is 2. The van der Waals surface area contributed by atoms with Crippen molar-refractivity contribution >= 4 is 35.0 Å². The third kappa shape index (κ3) is 2.79. The van der Waals surface area contributed by atoms with Crippen LogP contribution in [0.1, 0.15) is 19.3 Å². The van der Waals surface area contributed by atoms with E-state index in [1.54, 1.807) is 4.90 Å². The normalized spacial score (nSPS) is 20.4. The number of hydrogen-bond acceptors (Lipinski definition) is 4. The Hall–Kier alpha value is -1.07. The first-order valence-corrected chi connectivity index (χ1v) is 6.03. The SMILES string of the molecule is O=C(O)[C@H]1CCCCN1c1cc(Cl)nc(Cl)n1. The molecule has 2 rings (SSSR count). The fraction of sp³-hybridized carbons (Fsp3) is 0.500. The van der Waals surface area contributed by atoms with E-state index in [2.05, 4.69) is 9.97 Å². The number of nitrogens with zero attached hydrogens (tertiary/aromatic N) is 3. The highest BCUT2D eigenvalue weighted by atomic mass is 35.5. The lowest BCUT2D eigenvalue weighted by Gasteiger charge is -2.33. The van der Waals surface area contributed by atoms with Gasteiger partial charge in [0.1, 0.15) is 17.0 Å². The van der Waals surface area contributed by atoms with E-state index in [1.807, 2.05) is 0 Å². The zero-order valence-corrected chi connectivity index (χ0v) is 10.4. The van der Waals surface area contributed by atoms with Crippen molar-refractivity contribution in [2.24, 2.45) is 0 Å². The number of carboxylic acids is 1. The summed E-state index contributed by atoms with van der Waals surface area (Å²) in [6.07, 6.45) is 2.44. The molecular formula is C10H11Cl2N3O2. The first-order valence-electron chi connectivity index (χ1n) is 5.27. The number of anilines is 1. The molecule has 0 amide bonds. The van der Waals surface area contributed by atoms with E-state index in [4.69, 9.17) is 28.3 Å². The lowest BCUT2D eigenvalue weighted by molar-refractivity contribution is -0.139. The Balaban J connectivity index is 2.32. The van der Waals surface area contributed by atoms with Gasteiger partial charge in [-0.15, -0.1) is 0 Å². The van der Waals surface area contributed by atoms with Crippen LogP contribution in [0.5, 0.6) is 0 Å². The van der Waals surface area contributed by atoms with Gasteiger partial charge in [0.25, 0.3) is 0 Å². The fourth-order valence-electron chi connectivity index (χ4n) is 1.99. The highest BCUT2D eigenvalue weighted by Crippen LogP contribution is 2.25. The van der Waals surface area contributed by atoms with Crippen molar-refractivity contribution in [2.75, 3.05) is 11.4 Å². The highest BCUT2D eigenvalue weighted by Gasteiger charge is 2.29. The number of aromatic nitrogens is 2. The number of halogens is 2. The molecule has 0 saturated carbocycles. The summed E-state index contributed by atoms with van der Waals surface area (Å²) in [4.78, 5) is 20.6. The molecule has 0 radical (unpaired) electrons. The van der Waals surface area contributed by atoms with Crippen LogP contribution in [-0.2, 0) is 4.79 Å². The smallest absolute Gasteiger partial charge is 0.326 e. The number of piperidine rings is 1. The summed E-state index contributed by atoms with van der Waals surface area (Å²) in [7, 11) is 0. The van der Waals surface area contributed by atoms with Gasteiger partial charge in [-0.25, -0.2) is 14.8 Å². The average molecular weight is 276 g/mol. The van der Waals surface area contributed by atoms with E-state index in [0.717, 1.165) is 12.8 Å². The number of hydrogen-bond donors (Lipinski definition) is 1. The maximum absolute atomic E-state index is 11.2. The van der Waals surface area contributed by atoms with E-state index < -0.39 is 12.0 Å². The topological polar surface area (TPSA) is 66.3 Å². The Bertz CT molecular complexity index is 421. The van der Waals surface area contributed by atoms with E-state index in [1.165, 1.54) is 6.07 Å². The molecular weight excluding hydrogens is 265 g/mol. The predicted octanol–water partition coefficient (Wildman–Crippen LogP) is 2.23. The molecule has 1 atom stereocenters. The van der Waals surface area contributed by atoms with Crippen molar-refractivity contribution < 1.29 is 9.90 Å². The van der Waals surface area contributed by atoms with Crippen molar-refractivity contribution in [3.05, 3.63) is 16.5 Å². The van der Waals surface area contributed by atoms with Gasteiger partial charge in [-0.1, -0.05) is 11.6 Å². The third-order valence-electron chi connectivity index (χ3n) is 2.74. The van der Waals surface area contributed by atoms with Crippen LogP contribution in [0.15, 0.2) is 6.07 Å². The minimum absolute atomic E-state index is 0.0298. The Labute approximate surface area is 108 Å². The molecule has 1 aromatic heterocycles. The second-order valence-electron chi connectivity index (χ2n) is 3.86. The molecule has 1 aliphatic heterocycles. The van der Waals surface area contributed by atoms with Crippen molar-refractivity contribution in [3.8, 4) is 0 Å². The zero-order chi connectivity index (χ0) is 12.4. The third-order valence-corrected chi connectivity index (χ3v) is 3.10. The first-order chi connectivity index (χ1) is 8.08.